The van der Waals surface area contributed by atoms with Crippen LogP contribution < -0.4 is 10.1 Å². The van der Waals surface area contributed by atoms with Crippen molar-refractivity contribution in [2.75, 3.05) is 13.2 Å². The summed E-state index contributed by atoms with van der Waals surface area (Å²) in [5.74, 6) is 1.60. The SMILES string of the molecule is O=C(CCOc1cccc(Br)c1)NCCc1nc2ccccc2[nH]1. The first-order chi connectivity index (χ1) is 11.7. The second kappa shape index (κ2) is 7.97. The van der Waals surface area contributed by atoms with Crippen molar-refractivity contribution in [1.29, 1.82) is 0 Å². The van der Waals surface area contributed by atoms with Gasteiger partial charge in [-0.05, 0) is 30.3 Å². The number of imidazole rings is 1. The molecule has 0 aliphatic rings. The van der Waals surface area contributed by atoms with Gasteiger partial charge in [-0.1, -0.05) is 34.1 Å². The number of nitrogens with zero attached hydrogens (tertiary/aromatic N) is 1. The van der Waals surface area contributed by atoms with Gasteiger partial charge in [-0.15, -0.1) is 0 Å². The minimum Gasteiger partial charge on any atom is -0.493 e. The number of hydrogen-bond acceptors (Lipinski definition) is 3. The number of para-hydroxylation sites is 2. The molecule has 6 heteroatoms. The number of rotatable bonds is 7. The van der Waals surface area contributed by atoms with Crippen LogP contribution in [0.4, 0.5) is 0 Å². The van der Waals surface area contributed by atoms with Crippen LogP contribution in [0, 0.1) is 0 Å². The summed E-state index contributed by atoms with van der Waals surface area (Å²) in [6, 6.07) is 15.4. The molecule has 1 aromatic heterocycles. The minimum atomic E-state index is -0.0268. The molecular weight excluding hydrogens is 370 g/mol. The molecule has 0 saturated heterocycles. The Morgan fingerprint density at radius 1 is 1.21 bits per heavy atom. The molecule has 1 amide bonds. The molecule has 0 bridgehead atoms. The number of halogens is 1. The first-order valence-electron chi connectivity index (χ1n) is 7.79. The van der Waals surface area contributed by atoms with Gasteiger partial charge in [0.25, 0.3) is 0 Å². The zero-order valence-electron chi connectivity index (χ0n) is 13.1. The molecule has 1 heterocycles. The topological polar surface area (TPSA) is 67.0 Å². The van der Waals surface area contributed by atoms with Crippen molar-refractivity contribution in [3.63, 3.8) is 0 Å². The second-order valence-electron chi connectivity index (χ2n) is 5.36. The summed E-state index contributed by atoms with van der Waals surface area (Å²) in [4.78, 5) is 19.6. The lowest BCUT2D eigenvalue weighted by Gasteiger charge is -2.07. The van der Waals surface area contributed by atoms with E-state index in [0.29, 0.717) is 26.0 Å². The van der Waals surface area contributed by atoms with Crippen LogP contribution in [0.2, 0.25) is 0 Å². The zero-order valence-corrected chi connectivity index (χ0v) is 14.7. The van der Waals surface area contributed by atoms with Crippen molar-refractivity contribution < 1.29 is 9.53 Å². The van der Waals surface area contributed by atoms with E-state index in [-0.39, 0.29) is 5.91 Å². The maximum Gasteiger partial charge on any atom is 0.223 e. The molecule has 2 N–H and O–H groups in total. The van der Waals surface area contributed by atoms with Gasteiger partial charge < -0.3 is 15.0 Å². The van der Waals surface area contributed by atoms with Gasteiger partial charge in [-0.3, -0.25) is 4.79 Å². The summed E-state index contributed by atoms with van der Waals surface area (Å²) in [5, 5.41) is 2.88. The molecule has 0 unspecified atom stereocenters. The maximum absolute atomic E-state index is 11.8. The standard InChI is InChI=1S/C18H18BrN3O2/c19-13-4-3-5-14(12-13)24-11-9-18(23)20-10-8-17-21-15-6-1-2-7-16(15)22-17/h1-7,12H,8-11H2,(H,20,23)(H,21,22). The number of benzene rings is 2. The lowest BCUT2D eigenvalue weighted by atomic mass is 10.3. The molecule has 0 aliphatic carbocycles. The van der Waals surface area contributed by atoms with E-state index in [1.807, 2.05) is 48.5 Å². The second-order valence-corrected chi connectivity index (χ2v) is 6.27. The molecule has 24 heavy (non-hydrogen) atoms. The third-order valence-corrected chi connectivity index (χ3v) is 4.01. The fourth-order valence-electron chi connectivity index (χ4n) is 2.35. The van der Waals surface area contributed by atoms with E-state index in [1.165, 1.54) is 0 Å². The molecule has 3 rings (SSSR count). The number of carbonyl (C=O) groups is 1. The fraction of sp³-hybridized carbons (Fsp3) is 0.222. The summed E-state index contributed by atoms with van der Waals surface area (Å²) in [7, 11) is 0. The van der Waals surface area contributed by atoms with Gasteiger partial charge in [-0.2, -0.15) is 0 Å². The van der Waals surface area contributed by atoms with Crippen molar-refractivity contribution in [2.45, 2.75) is 12.8 Å². The van der Waals surface area contributed by atoms with Gasteiger partial charge in [0.05, 0.1) is 24.1 Å². The number of aromatic nitrogens is 2. The zero-order chi connectivity index (χ0) is 16.8. The first kappa shape index (κ1) is 16.5. The predicted molar refractivity (Wildman–Crippen MR) is 97.1 cm³/mol. The van der Waals surface area contributed by atoms with Crippen LogP contribution in [0.1, 0.15) is 12.2 Å². The Hall–Kier alpha value is -2.34. The van der Waals surface area contributed by atoms with Crippen molar-refractivity contribution >= 4 is 32.9 Å². The van der Waals surface area contributed by atoms with Crippen molar-refractivity contribution in [2.24, 2.45) is 0 Å². The lowest BCUT2D eigenvalue weighted by molar-refractivity contribution is -0.121. The van der Waals surface area contributed by atoms with Crippen molar-refractivity contribution in [3.8, 4) is 5.75 Å². The van der Waals surface area contributed by atoms with Gasteiger partial charge in [0.2, 0.25) is 5.91 Å². The number of ether oxygens (including phenoxy) is 1. The highest BCUT2D eigenvalue weighted by Gasteiger charge is 2.05. The molecule has 0 radical (unpaired) electrons. The average Bonchev–Trinajstić information content (AvgIpc) is 2.97. The van der Waals surface area contributed by atoms with E-state index in [0.717, 1.165) is 27.1 Å². The molecule has 0 fully saturated rings. The smallest absolute Gasteiger partial charge is 0.223 e. The molecular formula is C18H18BrN3O2. The Bertz CT molecular complexity index is 799. The molecule has 124 valence electrons. The Morgan fingerprint density at radius 2 is 2.08 bits per heavy atom. The average molecular weight is 388 g/mol. The highest BCUT2D eigenvalue weighted by Crippen LogP contribution is 2.17. The van der Waals surface area contributed by atoms with Crippen LogP contribution in [0.25, 0.3) is 11.0 Å². The van der Waals surface area contributed by atoms with E-state index in [9.17, 15) is 4.79 Å². The van der Waals surface area contributed by atoms with E-state index in [4.69, 9.17) is 4.74 Å². The maximum atomic E-state index is 11.8. The van der Waals surface area contributed by atoms with Crippen LogP contribution >= 0.6 is 15.9 Å². The summed E-state index contributed by atoms with van der Waals surface area (Å²) in [5.41, 5.74) is 1.96. The molecule has 5 nitrogen and oxygen atoms in total. The van der Waals surface area contributed by atoms with Gasteiger partial charge in [0, 0.05) is 17.4 Å². The third-order valence-electron chi connectivity index (χ3n) is 3.52. The molecule has 3 aromatic rings. The summed E-state index contributed by atoms with van der Waals surface area (Å²) < 4.78 is 6.51. The van der Waals surface area contributed by atoms with Gasteiger partial charge in [0.15, 0.2) is 0 Å². The van der Waals surface area contributed by atoms with E-state index < -0.39 is 0 Å². The van der Waals surface area contributed by atoms with Gasteiger partial charge >= 0.3 is 0 Å². The molecule has 0 saturated carbocycles. The monoisotopic (exact) mass is 387 g/mol. The lowest BCUT2D eigenvalue weighted by Crippen LogP contribution is -2.27. The summed E-state index contributed by atoms with van der Waals surface area (Å²) in [6.45, 7) is 0.905. The highest BCUT2D eigenvalue weighted by molar-refractivity contribution is 9.10. The van der Waals surface area contributed by atoms with E-state index in [2.05, 4.69) is 31.2 Å². The normalized spacial score (nSPS) is 10.7. The highest BCUT2D eigenvalue weighted by atomic mass is 79.9. The van der Waals surface area contributed by atoms with Gasteiger partial charge in [-0.25, -0.2) is 4.98 Å². The Kier molecular flexibility index (Phi) is 5.48. The van der Waals surface area contributed by atoms with Crippen molar-refractivity contribution in [3.05, 3.63) is 58.8 Å². The number of hydrogen-bond donors (Lipinski definition) is 2. The van der Waals surface area contributed by atoms with Crippen LogP contribution in [0.5, 0.6) is 5.75 Å². The molecule has 0 aliphatic heterocycles. The Labute approximate surface area is 148 Å². The predicted octanol–water partition coefficient (Wildman–Crippen LogP) is 3.45. The third kappa shape index (κ3) is 4.58. The van der Waals surface area contributed by atoms with Crippen LogP contribution in [0.3, 0.4) is 0 Å². The van der Waals surface area contributed by atoms with Crippen molar-refractivity contribution in [1.82, 2.24) is 15.3 Å². The number of nitrogens with one attached hydrogen (secondary N) is 2. The minimum absolute atomic E-state index is 0.0268. The number of aromatic amines is 1. The number of carbonyl (C=O) groups excluding carboxylic acids is 1. The quantitative estimate of drug-likeness (QED) is 0.652. The summed E-state index contributed by atoms with van der Waals surface area (Å²) >= 11 is 3.38. The van der Waals surface area contributed by atoms with Crippen LogP contribution in [-0.4, -0.2) is 29.0 Å². The summed E-state index contributed by atoms with van der Waals surface area (Å²) in [6.07, 6.45) is 1.000. The van der Waals surface area contributed by atoms with Crippen LogP contribution in [-0.2, 0) is 11.2 Å². The number of H-pyrrole nitrogens is 1. The van der Waals surface area contributed by atoms with E-state index >= 15 is 0 Å². The number of amides is 1. The largest absolute Gasteiger partial charge is 0.493 e. The fourth-order valence-corrected chi connectivity index (χ4v) is 2.73. The van der Waals surface area contributed by atoms with Gasteiger partial charge in [0.1, 0.15) is 11.6 Å². The Balaban J connectivity index is 1.38. The Morgan fingerprint density at radius 3 is 2.92 bits per heavy atom. The molecule has 0 atom stereocenters. The first-order valence-corrected chi connectivity index (χ1v) is 8.59. The molecule has 0 spiro atoms. The van der Waals surface area contributed by atoms with Crippen LogP contribution in [0.15, 0.2) is 53.0 Å². The molecule has 2 aromatic carbocycles. The number of fused-ring (bicyclic) bond motifs is 1. The van der Waals surface area contributed by atoms with E-state index in [1.54, 1.807) is 0 Å².